The van der Waals surface area contributed by atoms with Crippen LogP contribution in [0.4, 0.5) is 0 Å². The molecule has 0 radical (unpaired) electrons. The van der Waals surface area contributed by atoms with Gasteiger partial charge in [-0.15, -0.1) is 0 Å². The number of rotatable bonds is 5. The highest BCUT2D eigenvalue weighted by Crippen LogP contribution is 2.24. The smallest absolute Gasteiger partial charge is 0.323 e. The lowest BCUT2D eigenvalue weighted by atomic mass is 10.1. The minimum absolute atomic E-state index is 0.308. The monoisotopic (exact) mass is 275 g/mol. The summed E-state index contributed by atoms with van der Waals surface area (Å²) >= 11 is 0. The molecule has 106 valence electrons. The van der Waals surface area contributed by atoms with Crippen LogP contribution < -0.4 is 10.5 Å². The second-order valence-corrected chi connectivity index (χ2v) is 4.33. The van der Waals surface area contributed by atoms with E-state index in [0.717, 1.165) is 17.1 Å². The summed E-state index contributed by atoms with van der Waals surface area (Å²) in [5, 5.41) is 0. The van der Waals surface area contributed by atoms with Crippen molar-refractivity contribution in [1.82, 2.24) is 0 Å². The second-order valence-electron chi connectivity index (χ2n) is 4.33. The van der Waals surface area contributed by atoms with E-state index in [9.17, 15) is 4.79 Å². The molecule has 1 unspecified atom stereocenters. The van der Waals surface area contributed by atoms with Gasteiger partial charge in [0.25, 0.3) is 0 Å². The number of nitrogens with two attached hydrogens (primary N) is 1. The molecule has 0 aliphatic rings. The zero-order chi connectivity index (χ0) is 14.5. The van der Waals surface area contributed by atoms with Crippen molar-refractivity contribution in [2.45, 2.75) is 12.5 Å². The number of hydrogen-bond donors (Lipinski definition) is 1. The molecule has 1 aromatic carbocycles. The number of furan rings is 1. The molecule has 2 N–H and O–H groups in total. The molecule has 0 aliphatic carbocycles. The molecule has 0 saturated carbocycles. The Kier molecular flexibility index (Phi) is 4.42. The first kappa shape index (κ1) is 14.1. The molecule has 1 atom stereocenters. The third-order valence-electron chi connectivity index (χ3n) is 2.96. The number of carbonyl (C=O) groups is 1. The highest BCUT2D eigenvalue weighted by atomic mass is 16.5. The van der Waals surface area contributed by atoms with Crippen LogP contribution in [-0.2, 0) is 16.0 Å². The van der Waals surface area contributed by atoms with E-state index < -0.39 is 12.0 Å². The fourth-order valence-corrected chi connectivity index (χ4v) is 1.85. The number of carbonyl (C=O) groups excluding carboxylic acids is 1. The maximum absolute atomic E-state index is 11.3. The van der Waals surface area contributed by atoms with Gasteiger partial charge in [-0.2, -0.15) is 0 Å². The van der Waals surface area contributed by atoms with Gasteiger partial charge in [-0.05, 0) is 36.4 Å². The van der Waals surface area contributed by atoms with Gasteiger partial charge in [-0.3, -0.25) is 4.79 Å². The van der Waals surface area contributed by atoms with Crippen molar-refractivity contribution in [1.29, 1.82) is 0 Å². The molecule has 1 aromatic heterocycles. The zero-order valence-corrected chi connectivity index (χ0v) is 11.5. The SMILES string of the molecule is COC(=O)C(N)Cc1ccc(-c2ccc(OC)cc2)o1. The number of hydrogen-bond acceptors (Lipinski definition) is 5. The third-order valence-corrected chi connectivity index (χ3v) is 2.96. The molecule has 0 spiro atoms. The van der Waals surface area contributed by atoms with Crippen LogP contribution in [-0.4, -0.2) is 26.2 Å². The Hall–Kier alpha value is -2.27. The molecular formula is C15H17NO4. The molecule has 20 heavy (non-hydrogen) atoms. The molecule has 0 amide bonds. The van der Waals surface area contributed by atoms with Crippen molar-refractivity contribution >= 4 is 5.97 Å². The zero-order valence-electron chi connectivity index (χ0n) is 11.5. The normalized spacial score (nSPS) is 11.9. The lowest BCUT2D eigenvalue weighted by Gasteiger charge is -2.06. The average molecular weight is 275 g/mol. The van der Waals surface area contributed by atoms with Crippen molar-refractivity contribution in [3.8, 4) is 17.1 Å². The second kappa shape index (κ2) is 6.25. The van der Waals surface area contributed by atoms with Crippen LogP contribution in [0.1, 0.15) is 5.76 Å². The fourth-order valence-electron chi connectivity index (χ4n) is 1.85. The summed E-state index contributed by atoms with van der Waals surface area (Å²) in [5.74, 6) is 1.70. The summed E-state index contributed by atoms with van der Waals surface area (Å²) < 4.78 is 15.4. The van der Waals surface area contributed by atoms with Crippen LogP contribution >= 0.6 is 0 Å². The first-order valence-electron chi connectivity index (χ1n) is 6.20. The summed E-state index contributed by atoms with van der Waals surface area (Å²) in [4.78, 5) is 11.3. The topological polar surface area (TPSA) is 74.7 Å². The van der Waals surface area contributed by atoms with Gasteiger partial charge in [0, 0.05) is 12.0 Å². The van der Waals surface area contributed by atoms with E-state index in [2.05, 4.69) is 4.74 Å². The maximum Gasteiger partial charge on any atom is 0.323 e. The predicted molar refractivity (Wildman–Crippen MR) is 74.4 cm³/mol. The standard InChI is InChI=1S/C15H17NO4/c1-18-11-5-3-10(4-6-11)14-8-7-12(20-14)9-13(16)15(17)19-2/h3-8,13H,9,16H2,1-2H3. The first-order chi connectivity index (χ1) is 9.63. The number of esters is 1. The van der Waals surface area contributed by atoms with E-state index in [1.165, 1.54) is 7.11 Å². The number of ether oxygens (including phenoxy) is 2. The van der Waals surface area contributed by atoms with E-state index in [0.29, 0.717) is 12.2 Å². The lowest BCUT2D eigenvalue weighted by Crippen LogP contribution is -2.33. The molecule has 0 bridgehead atoms. The Labute approximate surface area is 117 Å². The number of benzene rings is 1. The van der Waals surface area contributed by atoms with E-state index in [1.54, 1.807) is 7.11 Å². The highest BCUT2D eigenvalue weighted by molar-refractivity contribution is 5.75. The van der Waals surface area contributed by atoms with Gasteiger partial charge in [0.2, 0.25) is 0 Å². The van der Waals surface area contributed by atoms with Crippen LogP contribution in [0.2, 0.25) is 0 Å². The molecular weight excluding hydrogens is 258 g/mol. The fraction of sp³-hybridized carbons (Fsp3) is 0.267. The summed E-state index contributed by atoms with van der Waals surface area (Å²) in [7, 11) is 2.93. The maximum atomic E-state index is 11.3. The molecule has 0 fully saturated rings. The van der Waals surface area contributed by atoms with E-state index >= 15 is 0 Å². The summed E-state index contributed by atoms with van der Waals surface area (Å²) in [6.45, 7) is 0. The average Bonchev–Trinajstić information content (AvgIpc) is 2.94. The Morgan fingerprint density at radius 2 is 1.90 bits per heavy atom. The quantitative estimate of drug-likeness (QED) is 0.845. The molecule has 1 heterocycles. The van der Waals surface area contributed by atoms with E-state index in [-0.39, 0.29) is 0 Å². The Morgan fingerprint density at radius 1 is 1.20 bits per heavy atom. The van der Waals surface area contributed by atoms with Crippen LogP contribution in [0.5, 0.6) is 5.75 Å². The van der Waals surface area contributed by atoms with Crippen molar-refractivity contribution in [2.75, 3.05) is 14.2 Å². The summed E-state index contributed by atoms with van der Waals surface area (Å²) in [5.41, 5.74) is 6.63. The molecule has 2 rings (SSSR count). The summed E-state index contributed by atoms with van der Waals surface area (Å²) in [6, 6.07) is 10.5. The lowest BCUT2D eigenvalue weighted by molar-refractivity contribution is -0.142. The van der Waals surface area contributed by atoms with Crippen molar-refractivity contribution in [3.63, 3.8) is 0 Å². The van der Waals surface area contributed by atoms with Gasteiger partial charge in [0.05, 0.1) is 14.2 Å². The van der Waals surface area contributed by atoms with Crippen molar-refractivity contribution in [3.05, 3.63) is 42.2 Å². The van der Waals surface area contributed by atoms with E-state index in [1.807, 2.05) is 36.4 Å². The third kappa shape index (κ3) is 3.19. The molecule has 5 heteroatoms. The van der Waals surface area contributed by atoms with Crippen LogP contribution in [0.15, 0.2) is 40.8 Å². The molecule has 0 saturated heterocycles. The van der Waals surface area contributed by atoms with Crippen molar-refractivity contribution < 1.29 is 18.7 Å². The Bertz CT molecular complexity index is 574. The molecule has 2 aromatic rings. The van der Waals surface area contributed by atoms with Gasteiger partial charge in [-0.25, -0.2) is 0 Å². The van der Waals surface area contributed by atoms with Gasteiger partial charge in [0.1, 0.15) is 23.3 Å². The van der Waals surface area contributed by atoms with Gasteiger partial charge in [-0.1, -0.05) is 0 Å². The van der Waals surface area contributed by atoms with Crippen LogP contribution in [0, 0.1) is 0 Å². The first-order valence-corrected chi connectivity index (χ1v) is 6.20. The Balaban J connectivity index is 2.09. The van der Waals surface area contributed by atoms with Gasteiger partial charge < -0.3 is 19.6 Å². The minimum Gasteiger partial charge on any atom is -0.497 e. The van der Waals surface area contributed by atoms with Gasteiger partial charge >= 0.3 is 5.97 Å². The van der Waals surface area contributed by atoms with Crippen LogP contribution in [0.25, 0.3) is 11.3 Å². The number of methoxy groups -OCH3 is 2. The minimum atomic E-state index is -0.713. The molecule has 5 nitrogen and oxygen atoms in total. The van der Waals surface area contributed by atoms with E-state index in [4.69, 9.17) is 14.9 Å². The van der Waals surface area contributed by atoms with Gasteiger partial charge in [0.15, 0.2) is 0 Å². The Morgan fingerprint density at radius 3 is 2.50 bits per heavy atom. The summed E-state index contributed by atoms with van der Waals surface area (Å²) in [6.07, 6.45) is 0.308. The molecule has 0 aliphatic heterocycles. The predicted octanol–water partition coefficient (Wildman–Crippen LogP) is 2.00. The van der Waals surface area contributed by atoms with Crippen molar-refractivity contribution in [2.24, 2.45) is 5.73 Å². The largest absolute Gasteiger partial charge is 0.497 e. The highest BCUT2D eigenvalue weighted by Gasteiger charge is 2.16. The van der Waals surface area contributed by atoms with Crippen LogP contribution in [0.3, 0.4) is 0 Å².